The third kappa shape index (κ3) is 3.69. The number of aryl methyl sites for hydroxylation is 1. The number of aromatic nitrogens is 2. The summed E-state index contributed by atoms with van der Waals surface area (Å²) in [5.41, 5.74) is 0. The molecule has 1 aromatic heterocycles. The molecule has 2 rings (SSSR count). The van der Waals surface area contributed by atoms with Gasteiger partial charge < -0.3 is 24.6 Å². The molecule has 2 N–H and O–H groups in total. The maximum absolute atomic E-state index is 12.0. The number of hydrogen-bond donors (Lipinski definition) is 2. The lowest BCUT2D eigenvalue weighted by molar-refractivity contribution is -0.141. The van der Waals surface area contributed by atoms with Crippen LogP contribution in [0.25, 0.3) is 0 Å². The van der Waals surface area contributed by atoms with Crippen molar-refractivity contribution in [2.45, 2.75) is 31.9 Å². The van der Waals surface area contributed by atoms with Gasteiger partial charge in [0.05, 0.1) is 6.10 Å². The normalized spacial score (nSPS) is 21.5. The van der Waals surface area contributed by atoms with Crippen molar-refractivity contribution in [2.24, 2.45) is 0 Å². The van der Waals surface area contributed by atoms with Crippen LogP contribution in [0.3, 0.4) is 0 Å². The zero-order valence-electron chi connectivity index (χ0n) is 11.9. The molecule has 1 fully saturated rings. The highest BCUT2D eigenvalue weighted by Crippen LogP contribution is 2.20. The Morgan fingerprint density at radius 1 is 1.57 bits per heavy atom. The lowest BCUT2D eigenvalue weighted by Crippen LogP contribution is -2.46. The third-order valence-electron chi connectivity index (χ3n) is 3.33. The van der Waals surface area contributed by atoms with Gasteiger partial charge in [0.2, 0.25) is 5.89 Å². The van der Waals surface area contributed by atoms with E-state index in [1.807, 2.05) is 0 Å². The number of aliphatic carboxylic acids is 1. The van der Waals surface area contributed by atoms with Crippen molar-refractivity contribution in [1.29, 1.82) is 0 Å². The molecule has 2 heterocycles. The number of nitrogens with zero attached hydrogens (tertiary/aromatic N) is 3. The van der Waals surface area contributed by atoms with Crippen LogP contribution in [-0.2, 0) is 16.0 Å². The highest BCUT2D eigenvalue weighted by Gasteiger charge is 2.39. The molecule has 9 nitrogen and oxygen atoms in total. The number of rotatable bonds is 5. The predicted molar refractivity (Wildman–Crippen MR) is 69.7 cm³/mol. The zero-order chi connectivity index (χ0) is 15.4. The second kappa shape index (κ2) is 6.53. The maximum atomic E-state index is 12.0. The number of nitrogens with one attached hydrogen (secondary N) is 1. The fraction of sp³-hybridized carbons (Fsp3) is 0.667. The van der Waals surface area contributed by atoms with Crippen molar-refractivity contribution in [3.8, 4) is 0 Å². The molecule has 1 saturated heterocycles. The van der Waals surface area contributed by atoms with E-state index in [0.29, 0.717) is 31.1 Å². The first-order valence-electron chi connectivity index (χ1n) is 6.60. The third-order valence-corrected chi connectivity index (χ3v) is 3.33. The summed E-state index contributed by atoms with van der Waals surface area (Å²) < 4.78 is 10.1. The molecule has 2 amide bonds. The van der Waals surface area contributed by atoms with E-state index in [4.69, 9.17) is 14.4 Å². The topological polar surface area (TPSA) is 118 Å². The number of ether oxygens (including phenoxy) is 1. The number of likely N-dealkylation sites (tertiary alicyclic amines) is 1. The van der Waals surface area contributed by atoms with Crippen LogP contribution in [0.5, 0.6) is 0 Å². The second-order valence-corrected chi connectivity index (χ2v) is 4.82. The molecule has 0 radical (unpaired) electrons. The van der Waals surface area contributed by atoms with E-state index in [1.165, 1.54) is 12.0 Å². The summed E-state index contributed by atoms with van der Waals surface area (Å²) in [4.78, 5) is 28.5. The smallest absolute Gasteiger partial charge is 0.326 e. The molecule has 21 heavy (non-hydrogen) atoms. The van der Waals surface area contributed by atoms with Gasteiger partial charge >= 0.3 is 12.0 Å². The van der Waals surface area contributed by atoms with Crippen LogP contribution < -0.4 is 5.32 Å². The molecule has 0 spiro atoms. The first-order valence-corrected chi connectivity index (χ1v) is 6.60. The Kier molecular flexibility index (Phi) is 4.73. The molecule has 116 valence electrons. The maximum Gasteiger partial charge on any atom is 0.326 e. The summed E-state index contributed by atoms with van der Waals surface area (Å²) in [7, 11) is 1.50. The lowest BCUT2D eigenvalue weighted by Gasteiger charge is -2.21. The van der Waals surface area contributed by atoms with Crippen molar-refractivity contribution in [3.05, 3.63) is 11.7 Å². The van der Waals surface area contributed by atoms with Gasteiger partial charge in [-0.05, 0) is 6.92 Å². The first-order chi connectivity index (χ1) is 10.0. The van der Waals surface area contributed by atoms with E-state index in [1.54, 1.807) is 6.92 Å². The van der Waals surface area contributed by atoms with E-state index < -0.39 is 18.0 Å². The molecule has 1 aromatic rings. The molecule has 2 atom stereocenters. The molecular weight excluding hydrogens is 280 g/mol. The molecule has 0 bridgehead atoms. The zero-order valence-corrected chi connectivity index (χ0v) is 11.9. The number of carboxylic acid groups (broad SMARTS) is 1. The lowest BCUT2D eigenvalue weighted by atomic mass is 10.2. The van der Waals surface area contributed by atoms with Crippen LogP contribution in [0.15, 0.2) is 4.52 Å². The van der Waals surface area contributed by atoms with Gasteiger partial charge in [0, 0.05) is 33.0 Å². The average molecular weight is 298 g/mol. The first kappa shape index (κ1) is 15.2. The standard InChI is InChI=1S/C12H18N4O5/c1-7-14-10(21-15-7)3-4-13-12(19)16-6-8(20-2)5-9(16)11(17)18/h8-9H,3-6H2,1-2H3,(H,13,19)(H,17,18). The number of carbonyl (C=O) groups is 2. The number of methoxy groups -OCH3 is 1. The van der Waals surface area contributed by atoms with Gasteiger partial charge in [0.25, 0.3) is 0 Å². The molecule has 1 aliphatic rings. The van der Waals surface area contributed by atoms with Gasteiger partial charge in [-0.2, -0.15) is 4.98 Å². The van der Waals surface area contributed by atoms with Crippen LogP contribution in [0.1, 0.15) is 18.1 Å². The van der Waals surface area contributed by atoms with E-state index >= 15 is 0 Å². The summed E-state index contributed by atoms with van der Waals surface area (Å²) in [6.07, 6.45) is 0.434. The number of hydrogen-bond acceptors (Lipinski definition) is 6. The van der Waals surface area contributed by atoms with Gasteiger partial charge in [-0.1, -0.05) is 5.16 Å². The fourth-order valence-corrected chi connectivity index (χ4v) is 2.25. The van der Waals surface area contributed by atoms with Crippen LogP contribution in [0.2, 0.25) is 0 Å². The van der Waals surface area contributed by atoms with E-state index in [-0.39, 0.29) is 12.6 Å². The van der Waals surface area contributed by atoms with Crippen LogP contribution in [0.4, 0.5) is 4.79 Å². The van der Waals surface area contributed by atoms with Crippen LogP contribution in [-0.4, -0.2) is 64.5 Å². The predicted octanol–water partition coefficient (Wildman–Crippen LogP) is -0.196. The molecule has 0 aromatic carbocycles. The Balaban J connectivity index is 1.85. The molecule has 0 saturated carbocycles. The number of carboxylic acids is 1. The highest BCUT2D eigenvalue weighted by atomic mass is 16.5. The van der Waals surface area contributed by atoms with Crippen LogP contribution >= 0.6 is 0 Å². The molecule has 9 heteroatoms. The molecule has 1 aliphatic heterocycles. The summed E-state index contributed by atoms with van der Waals surface area (Å²) in [6, 6.07) is -1.29. The highest BCUT2D eigenvalue weighted by molar-refractivity contribution is 5.83. The van der Waals surface area contributed by atoms with Gasteiger partial charge in [0.1, 0.15) is 6.04 Å². The Bertz CT molecular complexity index is 518. The Morgan fingerprint density at radius 2 is 2.33 bits per heavy atom. The van der Waals surface area contributed by atoms with Crippen molar-refractivity contribution in [1.82, 2.24) is 20.4 Å². The second-order valence-electron chi connectivity index (χ2n) is 4.82. The van der Waals surface area contributed by atoms with Crippen molar-refractivity contribution < 1.29 is 24.0 Å². The monoisotopic (exact) mass is 298 g/mol. The molecular formula is C12H18N4O5. The van der Waals surface area contributed by atoms with Crippen molar-refractivity contribution in [3.63, 3.8) is 0 Å². The SMILES string of the molecule is COC1CC(C(=O)O)N(C(=O)NCCc2nc(C)no2)C1. The summed E-state index contributed by atoms with van der Waals surface area (Å²) >= 11 is 0. The Morgan fingerprint density at radius 3 is 2.90 bits per heavy atom. The molecule has 2 unspecified atom stereocenters. The quantitative estimate of drug-likeness (QED) is 0.773. The van der Waals surface area contributed by atoms with Crippen molar-refractivity contribution >= 4 is 12.0 Å². The summed E-state index contributed by atoms with van der Waals surface area (Å²) in [5.74, 6) is -0.0688. The summed E-state index contributed by atoms with van der Waals surface area (Å²) in [5, 5.41) is 15.4. The van der Waals surface area contributed by atoms with Crippen molar-refractivity contribution in [2.75, 3.05) is 20.2 Å². The summed E-state index contributed by atoms with van der Waals surface area (Å²) in [6.45, 7) is 2.26. The number of carbonyl (C=O) groups excluding carboxylic acids is 1. The minimum Gasteiger partial charge on any atom is -0.480 e. The fourth-order valence-electron chi connectivity index (χ4n) is 2.25. The van der Waals surface area contributed by atoms with Gasteiger partial charge in [-0.15, -0.1) is 0 Å². The van der Waals surface area contributed by atoms with E-state index in [9.17, 15) is 9.59 Å². The van der Waals surface area contributed by atoms with E-state index in [0.717, 1.165) is 0 Å². The number of amides is 2. The molecule has 0 aliphatic carbocycles. The minimum atomic E-state index is -1.03. The minimum absolute atomic E-state index is 0.254. The largest absolute Gasteiger partial charge is 0.480 e. The van der Waals surface area contributed by atoms with Gasteiger partial charge in [-0.25, -0.2) is 9.59 Å². The van der Waals surface area contributed by atoms with Gasteiger partial charge in [-0.3, -0.25) is 0 Å². The number of urea groups is 1. The van der Waals surface area contributed by atoms with E-state index in [2.05, 4.69) is 15.5 Å². The van der Waals surface area contributed by atoms with Gasteiger partial charge in [0.15, 0.2) is 5.82 Å². The van der Waals surface area contributed by atoms with Crippen LogP contribution in [0, 0.1) is 6.92 Å². The Labute approximate surface area is 121 Å². The average Bonchev–Trinajstić information content (AvgIpc) is 3.04. The Hall–Kier alpha value is -2.16.